The Morgan fingerprint density at radius 1 is 0.978 bits per heavy atom. The first kappa shape index (κ1) is 30.4. The standard InChI is InChI=1S/C35H36N6O5/c1-5-25-31(19(3)42)18(2)37-33(25)35(46)36-16-26-29(44)11-8-22-14-23(15-30(45)32(22)26)21-6-9-24(10-7-21)38-34-27-17-41(20(4)43)13-12-28(27)39-40-34/h6-11,14-15,37,44-45H,5,12-13,16-17H2,1-4H3,(H,36,46)(H2,38,39,40). The first-order valence-corrected chi connectivity index (χ1v) is 15.2. The fraction of sp³-hybridized carbons (Fsp3) is 0.257. The summed E-state index contributed by atoms with van der Waals surface area (Å²) in [4.78, 5) is 42.0. The molecule has 1 aliphatic heterocycles. The molecule has 3 aromatic carbocycles. The van der Waals surface area contributed by atoms with E-state index in [1.54, 1.807) is 36.9 Å². The van der Waals surface area contributed by atoms with Gasteiger partial charge in [-0.25, -0.2) is 0 Å². The predicted octanol–water partition coefficient (Wildman–Crippen LogP) is 5.62. The number of nitrogens with zero attached hydrogens (tertiary/aromatic N) is 2. The van der Waals surface area contributed by atoms with Crippen LogP contribution in [0.1, 0.15) is 69.7 Å². The molecule has 0 radical (unpaired) electrons. The lowest BCUT2D eigenvalue weighted by Crippen LogP contribution is -2.34. The first-order valence-electron chi connectivity index (χ1n) is 15.2. The molecule has 0 saturated carbocycles. The smallest absolute Gasteiger partial charge is 0.268 e. The average molecular weight is 621 g/mol. The zero-order chi connectivity index (χ0) is 32.7. The lowest BCUT2D eigenvalue weighted by atomic mass is 9.96. The molecule has 0 bridgehead atoms. The highest BCUT2D eigenvalue weighted by Crippen LogP contribution is 2.38. The summed E-state index contributed by atoms with van der Waals surface area (Å²) in [6.07, 6.45) is 1.24. The lowest BCUT2D eigenvalue weighted by molar-refractivity contribution is -0.129. The summed E-state index contributed by atoms with van der Waals surface area (Å²) in [5.41, 5.74) is 6.99. The number of rotatable bonds is 8. The van der Waals surface area contributed by atoms with Crippen LogP contribution in [0.15, 0.2) is 48.5 Å². The molecule has 1 aliphatic rings. The number of H-pyrrole nitrogens is 2. The number of carbonyl (C=O) groups is 3. The number of benzene rings is 3. The van der Waals surface area contributed by atoms with E-state index in [-0.39, 0.29) is 29.7 Å². The fourth-order valence-electron chi connectivity index (χ4n) is 6.36. The maximum Gasteiger partial charge on any atom is 0.268 e. The summed E-state index contributed by atoms with van der Waals surface area (Å²) < 4.78 is 0. The number of anilines is 2. The number of phenolic OH excluding ortho intramolecular Hbond substituents is 2. The van der Waals surface area contributed by atoms with Crippen LogP contribution in [0.5, 0.6) is 11.5 Å². The molecular weight excluding hydrogens is 584 g/mol. The molecule has 2 amide bonds. The molecule has 0 spiro atoms. The Morgan fingerprint density at radius 2 is 1.74 bits per heavy atom. The number of fused-ring (bicyclic) bond motifs is 2. The summed E-state index contributed by atoms with van der Waals surface area (Å²) in [5.74, 6) is 0.127. The molecule has 236 valence electrons. The van der Waals surface area contributed by atoms with E-state index in [2.05, 4.69) is 25.8 Å². The van der Waals surface area contributed by atoms with Crippen LogP contribution in [0.25, 0.3) is 21.9 Å². The predicted molar refractivity (Wildman–Crippen MR) is 175 cm³/mol. The van der Waals surface area contributed by atoms with Crippen molar-refractivity contribution in [1.29, 1.82) is 0 Å². The van der Waals surface area contributed by atoms with E-state index in [0.29, 0.717) is 64.2 Å². The van der Waals surface area contributed by atoms with Gasteiger partial charge in [-0.15, -0.1) is 0 Å². The first-order chi connectivity index (χ1) is 22.0. The van der Waals surface area contributed by atoms with Gasteiger partial charge >= 0.3 is 0 Å². The van der Waals surface area contributed by atoms with E-state index in [1.807, 2.05) is 37.3 Å². The molecule has 46 heavy (non-hydrogen) atoms. The van der Waals surface area contributed by atoms with E-state index < -0.39 is 5.91 Å². The van der Waals surface area contributed by atoms with Crippen molar-refractivity contribution in [2.24, 2.45) is 0 Å². The van der Waals surface area contributed by atoms with Crippen molar-refractivity contribution in [2.75, 3.05) is 11.9 Å². The third-order valence-electron chi connectivity index (χ3n) is 8.69. The van der Waals surface area contributed by atoms with E-state index in [9.17, 15) is 24.6 Å². The maximum absolute atomic E-state index is 13.2. The summed E-state index contributed by atoms with van der Waals surface area (Å²) in [6, 6.07) is 14.5. The molecule has 5 aromatic rings. The molecule has 6 N–H and O–H groups in total. The zero-order valence-electron chi connectivity index (χ0n) is 26.2. The molecule has 0 atom stereocenters. The Kier molecular flexibility index (Phi) is 7.99. The second kappa shape index (κ2) is 12.1. The number of aromatic amines is 2. The molecule has 11 nitrogen and oxygen atoms in total. The van der Waals surface area contributed by atoms with Crippen molar-refractivity contribution in [3.8, 4) is 22.6 Å². The monoisotopic (exact) mass is 620 g/mol. The van der Waals surface area contributed by atoms with Gasteiger partial charge in [-0.2, -0.15) is 5.10 Å². The highest BCUT2D eigenvalue weighted by molar-refractivity contribution is 6.03. The van der Waals surface area contributed by atoms with Crippen LogP contribution in [-0.4, -0.2) is 54.4 Å². The molecule has 6 rings (SSSR count). The van der Waals surface area contributed by atoms with E-state index >= 15 is 0 Å². The topological polar surface area (TPSA) is 163 Å². The summed E-state index contributed by atoms with van der Waals surface area (Å²) in [5, 5.41) is 36.7. The minimum Gasteiger partial charge on any atom is -0.508 e. The van der Waals surface area contributed by atoms with E-state index in [4.69, 9.17) is 0 Å². The van der Waals surface area contributed by atoms with E-state index in [1.165, 1.54) is 6.92 Å². The third-order valence-corrected chi connectivity index (χ3v) is 8.69. The van der Waals surface area contributed by atoms with Crippen molar-refractivity contribution in [3.05, 3.63) is 87.9 Å². The molecule has 11 heteroatoms. The SMILES string of the molecule is CCc1c(C(=O)NCc2c(O)ccc3cc(-c4ccc(Nc5n[nH]c6c5CN(C(C)=O)CC6)cc4)cc(O)c23)[nH]c(C)c1C(C)=O. The van der Waals surface area contributed by atoms with Crippen LogP contribution in [-0.2, 0) is 30.7 Å². The van der Waals surface area contributed by atoms with Gasteiger partial charge in [0.1, 0.15) is 17.2 Å². The second-order valence-corrected chi connectivity index (χ2v) is 11.6. The number of phenols is 2. The van der Waals surface area contributed by atoms with Crippen LogP contribution in [0.4, 0.5) is 11.5 Å². The van der Waals surface area contributed by atoms with Gasteiger partial charge in [0.15, 0.2) is 11.6 Å². The second-order valence-electron chi connectivity index (χ2n) is 11.6. The molecular formula is C35H36N6O5. The van der Waals surface area contributed by atoms with Crippen molar-refractivity contribution in [2.45, 2.75) is 53.6 Å². The Hall–Kier alpha value is -5.58. The molecule has 2 aromatic heterocycles. The summed E-state index contributed by atoms with van der Waals surface area (Å²) in [7, 11) is 0. The van der Waals surface area contributed by atoms with Gasteiger partial charge in [-0.3, -0.25) is 19.5 Å². The molecule has 0 unspecified atom stereocenters. The normalized spacial score (nSPS) is 12.7. The molecule has 0 fully saturated rings. The van der Waals surface area contributed by atoms with Crippen LogP contribution < -0.4 is 10.6 Å². The van der Waals surface area contributed by atoms with Crippen LogP contribution in [0.2, 0.25) is 0 Å². The number of hydrogen-bond acceptors (Lipinski definition) is 7. The Morgan fingerprint density at radius 3 is 2.43 bits per heavy atom. The number of aryl methyl sites for hydroxylation is 1. The number of ketones is 1. The minimum absolute atomic E-state index is 0.0307. The number of Topliss-reactive ketones (excluding diaryl/α,β-unsaturated/α-hetero) is 1. The number of aromatic nitrogens is 3. The van der Waals surface area contributed by atoms with Gasteiger partial charge in [0.2, 0.25) is 5.91 Å². The lowest BCUT2D eigenvalue weighted by Gasteiger charge is -2.25. The van der Waals surface area contributed by atoms with Gasteiger partial charge in [-0.05, 0) is 72.7 Å². The number of carbonyl (C=O) groups excluding carboxylic acids is 3. The van der Waals surface area contributed by atoms with Crippen LogP contribution in [0, 0.1) is 6.92 Å². The maximum atomic E-state index is 13.2. The fourth-order valence-corrected chi connectivity index (χ4v) is 6.36. The highest BCUT2D eigenvalue weighted by atomic mass is 16.3. The van der Waals surface area contributed by atoms with Gasteiger partial charge in [0.05, 0.1) is 6.54 Å². The van der Waals surface area contributed by atoms with Crippen molar-refractivity contribution in [1.82, 2.24) is 25.4 Å². The number of amides is 2. The number of hydrogen-bond donors (Lipinski definition) is 6. The molecule has 0 saturated heterocycles. The number of nitrogens with one attached hydrogen (secondary N) is 4. The molecule has 0 aliphatic carbocycles. The Balaban J connectivity index is 1.22. The van der Waals surface area contributed by atoms with Gasteiger partial charge in [-0.1, -0.05) is 25.1 Å². The largest absolute Gasteiger partial charge is 0.508 e. The zero-order valence-corrected chi connectivity index (χ0v) is 26.2. The van der Waals surface area contributed by atoms with Crippen LogP contribution >= 0.6 is 0 Å². The van der Waals surface area contributed by atoms with Crippen molar-refractivity contribution in [3.63, 3.8) is 0 Å². The van der Waals surface area contributed by atoms with E-state index in [0.717, 1.165) is 34.5 Å². The Bertz CT molecular complexity index is 2010. The average Bonchev–Trinajstić information content (AvgIpc) is 3.60. The van der Waals surface area contributed by atoms with Crippen molar-refractivity contribution < 1.29 is 24.6 Å². The minimum atomic E-state index is -0.403. The quantitative estimate of drug-likeness (QED) is 0.123. The Labute approximate surface area is 265 Å². The summed E-state index contributed by atoms with van der Waals surface area (Å²) >= 11 is 0. The van der Waals surface area contributed by atoms with Gasteiger partial charge < -0.3 is 30.7 Å². The van der Waals surface area contributed by atoms with Crippen molar-refractivity contribution >= 4 is 39.9 Å². The van der Waals surface area contributed by atoms with Gasteiger partial charge in [0, 0.05) is 65.6 Å². The summed E-state index contributed by atoms with van der Waals surface area (Å²) in [6.45, 7) is 7.84. The highest BCUT2D eigenvalue weighted by Gasteiger charge is 2.24. The molecule has 3 heterocycles. The van der Waals surface area contributed by atoms with Crippen LogP contribution in [0.3, 0.4) is 0 Å². The number of aromatic hydroxyl groups is 2. The third kappa shape index (κ3) is 5.55. The van der Waals surface area contributed by atoms with Gasteiger partial charge in [0.25, 0.3) is 5.91 Å².